The monoisotopic (exact) mass is 434 g/mol. The third-order valence-electron chi connectivity index (χ3n) is 3.24. The van der Waals surface area contributed by atoms with Crippen LogP contribution in [0.1, 0.15) is 30.1 Å². The average molecular weight is 435 g/mol. The van der Waals surface area contributed by atoms with Gasteiger partial charge < -0.3 is 14.8 Å². The van der Waals surface area contributed by atoms with Gasteiger partial charge in [0.1, 0.15) is 5.69 Å². The Morgan fingerprint density at radius 2 is 2.08 bits per heavy atom. The second-order valence-corrected chi connectivity index (χ2v) is 7.29. The third kappa shape index (κ3) is 7.62. The maximum atomic E-state index is 11.6. The van der Waals surface area contributed by atoms with Gasteiger partial charge in [-0.25, -0.2) is 4.79 Å². The van der Waals surface area contributed by atoms with Crippen LogP contribution in [0.2, 0.25) is 0 Å². The maximum Gasteiger partial charge on any atom is 0.338 e. The SMILES string of the molecule is CCSCCCOCCCNc1c(Br)cc(C(=O)OC)cc1[N+](=O)[O-]. The van der Waals surface area contributed by atoms with Crippen molar-refractivity contribution in [2.24, 2.45) is 0 Å². The number of hydrogen-bond donors (Lipinski definition) is 1. The number of nitro groups is 1. The average Bonchev–Trinajstić information content (AvgIpc) is 2.60. The standard InChI is InChI=1S/C16H23BrN2O5S/c1-3-25-9-5-8-24-7-4-6-18-15-13(17)10-12(16(20)23-2)11-14(15)19(21)22/h10-11,18H,3-9H2,1-2H3. The number of carbonyl (C=O) groups excluding carboxylic acids is 1. The normalized spacial score (nSPS) is 10.5. The summed E-state index contributed by atoms with van der Waals surface area (Å²) in [7, 11) is 1.23. The van der Waals surface area contributed by atoms with Crippen LogP contribution in [0.4, 0.5) is 11.4 Å². The first-order chi connectivity index (χ1) is 12.0. The number of benzene rings is 1. The first-order valence-electron chi connectivity index (χ1n) is 7.96. The van der Waals surface area contributed by atoms with Crippen LogP contribution in [-0.4, -0.2) is 49.3 Å². The Bertz CT molecular complexity index is 586. The molecule has 0 radical (unpaired) electrons. The van der Waals surface area contributed by atoms with Crippen molar-refractivity contribution in [1.82, 2.24) is 0 Å². The maximum absolute atomic E-state index is 11.6. The van der Waals surface area contributed by atoms with E-state index >= 15 is 0 Å². The number of anilines is 1. The molecule has 7 nitrogen and oxygen atoms in total. The molecule has 0 atom stereocenters. The minimum Gasteiger partial charge on any atom is -0.465 e. The van der Waals surface area contributed by atoms with E-state index in [0.717, 1.165) is 31.0 Å². The largest absolute Gasteiger partial charge is 0.465 e. The quantitative estimate of drug-likeness (QED) is 0.229. The van der Waals surface area contributed by atoms with Crippen molar-refractivity contribution in [3.63, 3.8) is 0 Å². The van der Waals surface area contributed by atoms with Crippen LogP contribution in [0, 0.1) is 10.1 Å². The predicted molar refractivity (Wildman–Crippen MR) is 104 cm³/mol. The van der Waals surface area contributed by atoms with Crippen LogP contribution < -0.4 is 5.32 Å². The summed E-state index contributed by atoms with van der Waals surface area (Å²) in [4.78, 5) is 22.3. The molecule has 0 aliphatic heterocycles. The molecule has 1 aromatic carbocycles. The molecule has 0 saturated carbocycles. The third-order valence-corrected chi connectivity index (χ3v) is 4.85. The first kappa shape index (κ1) is 21.7. The fourth-order valence-corrected chi connectivity index (χ4v) is 3.24. The number of ether oxygens (including phenoxy) is 2. The minimum atomic E-state index is -0.620. The molecule has 0 aliphatic rings. The van der Waals surface area contributed by atoms with Gasteiger partial charge in [-0.05, 0) is 46.3 Å². The molecule has 9 heteroatoms. The van der Waals surface area contributed by atoms with Crippen LogP contribution >= 0.6 is 27.7 Å². The van der Waals surface area contributed by atoms with E-state index in [1.807, 2.05) is 11.8 Å². The number of hydrogen-bond acceptors (Lipinski definition) is 7. The number of thioether (sulfide) groups is 1. The molecule has 1 N–H and O–H groups in total. The van der Waals surface area contributed by atoms with Gasteiger partial charge in [0.2, 0.25) is 0 Å². The minimum absolute atomic E-state index is 0.125. The molecule has 0 heterocycles. The molecular formula is C16H23BrN2O5S. The van der Waals surface area contributed by atoms with E-state index in [9.17, 15) is 14.9 Å². The van der Waals surface area contributed by atoms with E-state index in [0.29, 0.717) is 23.3 Å². The van der Waals surface area contributed by atoms with Gasteiger partial charge in [0.25, 0.3) is 5.69 Å². The topological polar surface area (TPSA) is 90.7 Å². The molecule has 0 amide bonds. The van der Waals surface area contributed by atoms with Gasteiger partial charge in [0.15, 0.2) is 0 Å². The molecular weight excluding hydrogens is 412 g/mol. The van der Waals surface area contributed by atoms with Crippen molar-refractivity contribution < 1.29 is 19.2 Å². The molecule has 0 unspecified atom stereocenters. The second kappa shape index (κ2) is 12.1. The molecule has 0 aromatic heterocycles. The lowest BCUT2D eigenvalue weighted by atomic mass is 10.1. The van der Waals surface area contributed by atoms with Crippen LogP contribution in [-0.2, 0) is 9.47 Å². The van der Waals surface area contributed by atoms with E-state index in [1.54, 1.807) is 0 Å². The summed E-state index contributed by atoms with van der Waals surface area (Å²) in [5.74, 6) is 1.59. The summed E-state index contributed by atoms with van der Waals surface area (Å²) < 4.78 is 10.6. The molecule has 1 rings (SSSR count). The van der Waals surface area contributed by atoms with Crippen molar-refractivity contribution >= 4 is 45.0 Å². The van der Waals surface area contributed by atoms with E-state index in [4.69, 9.17) is 4.74 Å². The van der Waals surface area contributed by atoms with Gasteiger partial charge in [-0.2, -0.15) is 11.8 Å². The fraction of sp³-hybridized carbons (Fsp3) is 0.562. The second-order valence-electron chi connectivity index (χ2n) is 5.04. The highest BCUT2D eigenvalue weighted by atomic mass is 79.9. The van der Waals surface area contributed by atoms with E-state index in [2.05, 4.69) is 32.9 Å². The molecule has 1 aromatic rings. The fourth-order valence-electron chi connectivity index (χ4n) is 2.04. The van der Waals surface area contributed by atoms with E-state index in [-0.39, 0.29) is 11.3 Å². The summed E-state index contributed by atoms with van der Waals surface area (Å²) >= 11 is 5.16. The zero-order valence-corrected chi connectivity index (χ0v) is 16.8. The number of halogens is 1. The van der Waals surface area contributed by atoms with Gasteiger partial charge in [-0.15, -0.1) is 0 Å². The zero-order chi connectivity index (χ0) is 18.7. The zero-order valence-electron chi connectivity index (χ0n) is 14.4. The molecule has 0 saturated heterocycles. The highest BCUT2D eigenvalue weighted by Gasteiger charge is 2.21. The summed E-state index contributed by atoms with van der Waals surface area (Å²) in [5.41, 5.74) is 0.296. The Balaban J connectivity index is 2.52. The van der Waals surface area contributed by atoms with E-state index < -0.39 is 10.9 Å². The Labute approximate surface area is 160 Å². The van der Waals surface area contributed by atoms with Crippen LogP contribution in [0.3, 0.4) is 0 Å². The van der Waals surface area contributed by atoms with Crippen LogP contribution in [0.25, 0.3) is 0 Å². The van der Waals surface area contributed by atoms with Gasteiger partial charge in [-0.1, -0.05) is 6.92 Å². The highest BCUT2D eigenvalue weighted by Crippen LogP contribution is 2.34. The first-order valence-corrected chi connectivity index (χ1v) is 9.91. The van der Waals surface area contributed by atoms with Gasteiger partial charge >= 0.3 is 5.97 Å². The number of esters is 1. The molecule has 0 fully saturated rings. The van der Waals surface area contributed by atoms with Crippen LogP contribution in [0.5, 0.6) is 0 Å². The lowest BCUT2D eigenvalue weighted by Crippen LogP contribution is -2.10. The molecule has 140 valence electrons. The summed E-state index contributed by atoms with van der Waals surface area (Å²) in [6.45, 7) is 3.98. The number of nitrogens with zero attached hydrogens (tertiary/aromatic N) is 1. The summed E-state index contributed by atoms with van der Waals surface area (Å²) in [6.07, 6.45) is 1.75. The van der Waals surface area contributed by atoms with Gasteiger partial charge in [0, 0.05) is 30.3 Å². The molecule has 0 bridgehead atoms. The smallest absolute Gasteiger partial charge is 0.338 e. The Morgan fingerprint density at radius 1 is 1.36 bits per heavy atom. The number of rotatable bonds is 12. The lowest BCUT2D eigenvalue weighted by molar-refractivity contribution is -0.384. The van der Waals surface area contributed by atoms with Gasteiger partial charge in [0.05, 0.1) is 17.6 Å². The number of nitro benzene ring substituents is 1. The molecule has 0 aliphatic carbocycles. The van der Waals surface area contributed by atoms with Crippen LogP contribution in [0.15, 0.2) is 16.6 Å². The molecule has 0 spiro atoms. The van der Waals surface area contributed by atoms with Gasteiger partial charge in [-0.3, -0.25) is 10.1 Å². The van der Waals surface area contributed by atoms with Crippen molar-refractivity contribution in [2.45, 2.75) is 19.8 Å². The Kier molecular flexibility index (Phi) is 10.5. The Morgan fingerprint density at radius 3 is 2.72 bits per heavy atom. The van der Waals surface area contributed by atoms with E-state index in [1.165, 1.54) is 19.2 Å². The van der Waals surface area contributed by atoms with Crippen molar-refractivity contribution in [2.75, 3.05) is 43.7 Å². The van der Waals surface area contributed by atoms with Crippen molar-refractivity contribution in [1.29, 1.82) is 0 Å². The predicted octanol–water partition coefficient (Wildman–Crippen LogP) is 4.11. The Hall–Kier alpha value is -1.32. The highest BCUT2D eigenvalue weighted by molar-refractivity contribution is 9.10. The van der Waals surface area contributed by atoms with Crippen molar-refractivity contribution in [3.8, 4) is 0 Å². The summed E-state index contributed by atoms with van der Waals surface area (Å²) in [6, 6.07) is 2.71. The van der Waals surface area contributed by atoms with Crippen molar-refractivity contribution in [3.05, 3.63) is 32.3 Å². The number of methoxy groups -OCH3 is 1. The summed E-state index contributed by atoms with van der Waals surface area (Å²) in [5, 5.41) is 14.3. The lowest BCUT2D eigenvalue weighted by Gasteiger charge is -2.11. The number of nitrogens with one attached hydrogen (secondary N) is 1. The molecule has 25 heavy (non-hydrogen) atoms. The number of carbonyl (C=O) groups is 1.